The molecule has 0 aliphatic carbocycles. The minimum atomic E-state index is -0.0425. The van der Waals surface area contributed by atoms with Crippen LogP contribution in [-0.2, 0) is 11.2 Å². The molecule has 0 bridgehead atoms. The van der Waals surface area contributed by atoms with Gasteiger partial charge in [-0.15, -0.1) is 5.10 Å². The highest BCUT2D eigenvalue weighted by Crippen LogP contribution is 2.29. The van der Waals surface area contributed by atoms with Crippen LogP contribution in [0, 0.1) is 0 Å². The highest BCUT2D eigenvalue weighted by molar-refractivity contribution is 7.98. The van der Waals surface area contributed by atoms with Crippen LogP contribution in [0.4, 0.5) is 0 Å². The molecule has 0 unspecified atom stereocenters. The van der Waals surface area contributed by atoms with Gasteiger partial charge in [0.2, 0.25) is 5.16 Å². The Morgan fingerprint density at radius 1 is 0.964 bits per heavy atom. The molecule has 0 aliphatic heterocycles. The minimum Gasteiger partial charge on any atom is -0.262 e. The Balaban J connectivity index is 1.63. The van der Waals surface area contributed by atoms with Crippen molar-refractivity contribution in [3.05, 3.63) is 78.2 Å². The molecule has 0 aliphatic rings. The van der Waals surface area contributed by atoms with E-state index >= 15 is 0 Å². The topological polar surface area (TPSA) is 59.4 Å². The number of para-hydroxylation sites is 1. The molecule has 6 heteroatoms. The monoisotopic (exact) mass is 389 g/mol. The molecule has 0 saturated heterocycles. The van der Waals surface area contributed by atoms with E-state index in [1.807, 2.05) is 41.1 Å². The summed E-state index contributed by atoms with van der Waals surface area (Å²) in [6.45, 7) is 6.37. The van der Waals surface area contributed by atoms with Crippen molar-refractivity contribution in [2.24, 2.45) is 0 Å². The van der Waals surface area contributed by atoms with Crippen LogP contribution < -0.4 is 0 Å². The van der Waals surface area contributed by atoms with E-state index in [9.17, 15) is 0 Å². The number of nitrogens with zero attached hydrogens (tertiary/aromatic N) is 4. The molecule has 0 amide bonds. The zero-order valence-electron chi connectivity index (χ0n) is 16.3. The van der Waals surface area contributed by atoms with Gasteiger partial charge in [0.1, 0.15) is 5.82 Å². The smallest absolute Gasteiger partial charge is 0.208 e. The molecule has 0 saturated carbocycles. The Labute approximate surface area is 169 Å². The van der Waals surface area contributed by atoms with Crippen molar-refractivity contribution < 1.29 is 0 Å². The maximum atomic E-state index is 4.86. The molecule has 2 aromatic heterocycles. The van der Waals surface area contributed by atoms with Gasteiger partial charge in [-0.1, -0.05) is 81.1 Å². The molecule has 1 N–H and O–H groups in total. The highest BCUT2D eigenvalue weighted by Gasteiger charge is 2.19. The zero-order valence-corrected chi connectivity index (χ0v) is 17.1. The number of hydrogen-bond donors (Lipinski definition) is 1. The van der Waals surface area contributed by atoms with Crippen LogP contribution in [0.5, 0.6) is 0 Å². The molecule has 2 heterocycles. The first-order valence-corrected chi connectivity index (χ1v) is 10.2. The van der Waals surface area contributed by atoms with Gasteiger partial charge in [0, 0.05) is 28.5 Å². The lowest BCUT2D eigenvalue weighted by Crippen LogP contribution is -2.13. The summed E-state index contributed by atoms with van der Waals surface area (Å²) in [6.07, 6.45) is 2.10. The van der Waals surface area contributed by atoms with Crippen molar-refractivity contribution in [3.8, 4) is 16.9 Å². The Kier molecular flexibility index (Phi) is 5.05. The quantitative estimate of drug-likeness (QED) is 0.474. The van der Waals surface area contributed by atoms with E-state index < -0.39 is 0 Å². The second-order valence-electron chi connectivity index (χ2n) is 7.65. The van der Waals surface area contributed by atoms with Gasteiger partial charge in [-0.05, 0) is 12.1 Å². The lowest BCUT2D eigenvalue weighted by molar-refractivity contribution is 0.547. The van der Waals surface area contributed by atoms with Crippen LogP contribution in [0.15, 0.2) is 72.0 Å². The van der Waals surface area contributed by atoms with Crippen molar-refractivity contribution in [1.29, 1.82) is 0 Å². The summed E-state index contributed by atoms with van der Waals surface area (Å²) in [5.41, 5.74) is 4.26. The third-order valence-corrected chi connectivity index (χ3v) is 5.29. The lowest BCUT2D eigenvalue weighted by atomic mass is 9.96. The molecular weight excluding hydrogens is 366 g/mol. The van der Waals surface area contributed by atoms with Gasteiger partial charge in [-0.2, -0.15) is 5.10 Å². The van der Waals surface area contributed by atoms with Crippen LogP contribution in [0.3, 0.4) is 0 Å². The summed E-state index contributed by atoms with van der Waals surface area (Å²) >= 11 is 1.62. The number of rotatable bonds is 5. The average Bonchev–Trinajstić information content (AvgIpc) is 3.35. The van der Waals surface area contributed by atoms with Crippen molar-refractivity contribution in [1.82, 2.24) is 25.0 Å². The Hall–Kier alpha value is -2.86. The van der Waals surface area contributed by atoms with Crippen LogP contribution in [0.25, 0.3) is 16.9 Å². The molecule has 4 rings (SSSR count). The number of benzene rings is 2. The van der Waals surface area contributed by atoms with E-state index in [0.717, 1.165) is 39.2 Å². The minimum absolute atomic E-state index is 0.0425. The normalized spacial score (nSPS) is 11.7. The Morgan fingerprint density at radius 2 is 1.64 bits per heavy atom. The first-order valence-electron chi connectivity index (χ1n) is 9.26. The summed E-state index contributed by atoms with van der Waals surface area (Å²) in [7, 11) is 0. The lowest BCUT2D eigenvalue weighted by Gasteiger charge is -2.12. The molecule has 0 spiro atoms. The third-order valence-electron chi connectivity index (χ3n) is 4.39. The second kappa shape index (κ2) is 7.64. The summed E-state index contributed by atoms with van der Waals surface area (Å²) in [4.78, 5) is 4.63. The second-order valence-corrected chi connectivity index (χ2v) is 8.60. The van der Waals surface area contributed by atoms with Gasteiger partial charge >= 0.3 is 0 Å². The number of aromatic amines is 1. The first kappa shape index (κ1) is 18.5. The molecular formula is C22H23N5S. The average molecular weight is 390 g/mol. The van der Waals surface area contributed by atoms with E-state index in [2.05, 4.69) is 66.4 Å². The van der Waals surface area contributed by atoms with Crippen LogP contribution in [0.2, 0.25) is 0 Å². The molecule has 28 heavy (non-hydrogen) atoms. The molecule has 142 valence electrons. The maximum absolute atomic E-state index is 4.86. The number of H-pyrrole nitrogens is 1. The standard InChI is InChI=1S/C22H23N5S/c1-22(2,3)20-23-21(25-24-20)28-15-17-14-27(18-12-8-5-9-13-18)26-19(17)16-10-6-4-7-11-16/h4-14H,15H2,1-3H3,(H,23,24,25). The van der Waals surface area contributed by atoms with E-state index in [1.165, 1.54) is 0 Å². The number of hydrogen-bond acceptors (Lipinski definition) is 4. The van der Waals surface area contributed by atoms with E-state index in [-0.39, 0.29) is 5.41 Å². The third kappa shape index (κ3) is 4.02. The summed E-state index contributed by atoms with van der Waals surface area (Å²) in [5.74, 6) is 1.65. The summed E-state index contributed by atoms with van der Waals surface area (Å²) in [6, 6.07) is 20.5. The highest BCUT2D eigenvalue weighted by atomic mass is 32.2. The van der Waals surface area contributed by atoms with E-state index in [4.69, 9.17) is 5.10 Å². The Morgan fingerprint density at radius 3 is 2.29 bits per heavy atom. The summed E-state index contributed by atoms with van der Waals surface area (Å²) in [5, 5.41) is 13.0. The molecule has 5 nitrogen and oxygen atoms in total. The fourth-order valence-corrected chi connectivity index (χ4v) is 3.62. The molecule has 0 radical (unpaired) electrons. The van der Waals surface area contributed by atoms with Gasteiger partial charge in [0.15, 0.2) is 0 Å². The number of nitrogens with one attached hydrogen (secondary N) is 1. The van der Waals surface area contributed by atoms with Crippen LogP contribution in [0.1, 0.15) is 32.2 Å². The van der Waals surface area contributed by atoms with Crippen LogP contribution in [-0.4, -0.2) is 25.0 Å². The predicted molar refractivity (Wildman–Crippen MR) is 114 cm³/mol. The SMILES string of the molecule is CC(C)(C)c1nc(SCc2cn(-c3ccccc3)nc2-c2ccccc2)n[nH]1. The zero-order chi connectivity index (χ0) is 19.6. The first-order chi connectivity index (χ1) is 13.5. The molecule has 2 aromatic carbocycles. The van der Waals surface area contributed by atoms with E-state index in [1.54, 1.807) is 11.8 Å². The van der Waals surface area contributed by atoms with Crippen LogP contribution >= 0.6 is 11.8 Å². The summed E-state index contributed by atoms with van der Waals surface area (Å²) < 4.78 is 1.94. The van der Waals surface area contributed by atoms with Gasteiger partial charge in [-0.3, -0.25) is 5.10 Å². The van der Waals surface area contributed by atoms with Crippen molar-refractivity contribution in [2.75, 3.05) is 0 Å². The fraction of sp³-hybridized carbons (Fsp3) is 0.227. The fourth-order valence-electron chi connectivity index (χ4n) is 2.86. The van der Waals surface area contributed by atoms with Gasteiger partial charge in [-0.25, -0.2) is 9.67 Å². The van der Waals surface area contributed by atoms with E-state index in [0.29, 0.717) is 0 Å². The van der Waals surface area contributed by atoms with Crippen molar-refractivity contribution in [3.63, 3.8) is 0 Å². The predicted octanol–water partition coefficient (Wildman–Crippen LogP) is 5.25. The maximum Gasteiger partial charge on any atom is 0.208 e. The van der Waals surface area contributed by atoms with Gasteiger partial charge < -0.3 is 0 Å². The number of aromatic nitrogens is 5. The Bertz CT molecular complexity index is 1050. The van der Waals surface area contributed by atoms with Gasteiger partial charge in [0.25, 0.3) is 0 Å². The molecule has 0 atom stereocenters. The van der Waals surface area contributed by atoms with Crippen molar-refractivity contribution >= 4 is 11.8 Å². The van der Waals surface area contributed by atoms with Crippen molar-refractivity contribution in [2.45, 2.75) is 37.1 Å². The van der Waals surface area contributed by atoms with Gasteiger partial charge in [0.05, 0.1) is 11.4 Å². The number of thioether (sulfide) groups is 1. The largest absolute Gasteiger partial charge is 0.262 e. The molecule has 0 fully saturated rings. The molecule has 4 aromatic rings.